The number of aldehydes is 1. The van der Waals surface area contributed by atoms with Gasteiger partial charge >= 0.3 is 12.5 Å². The molecule has 0 saturated carbocycles. The van der Waals surface area contributed by atoms with E-state index >= 15 is 0 Å². The van der Waals surface area contributed by atoms with Crippen LogP contribution < -0.4 is 31.6 Å². The first-order valence-corrected chi connectivity index (χ1v) is 14.5. The summed E-state index contributed by atoms with van der Waals surface area (Å²) < 4.78 is 79.4. The summed E-state index contributed by atoms with van der Waals surface area (Å²) in [5.41, 5.74) is 12.8. The number of aromatic nitrogens is 3. The van der Waals surface area contributed by atoms with E-state index in [9.17, 15) is 31.1 Å². The van der Waals surface area contributed by atoms with E-state index in [1.165, 1.54) is 30.6 Å². The van der Waals surface area contributed by atoms with Gasteiger partial charge in [-0.05, 0) is 61.0 Å². The van der Waals surface area contributed by atoms with Crippen molar-refractivity contribution in [3.63, 3.8) is 0 Å². The average Bonchev–Trinajstić information content (AvgIpc) is 3.41. The van der Waals surface area contributed by atoms with Crippen molar-refractivity contribution in [1.82, 2.24) is 19.9 Å². The van der Waals surface area contributed by atoms with Crippen LogP contribution in [0.15, 0.2) is 86.0 Å². The smallest absolute Gasteiger partial charge is 0.457 e. The Balaban J connectivity index is 0.000000421. The summed E-state index contributed by atoms with van der Waals surface area (Å²) in [6.45, 7) is 9.02. The third kappa shape index (κ3) is 15.4. The summed E-state index contributed by atoms with van der Waals surface area (Å²) >= 11 is 0. The lowest BCUT2D eigenvalue weighted by atomic mass is 10.1. The van der Waals surface area contributed by atoms with Crippen LogP contribution in [0.4, 0.5) is 37.8 Å². The lowest BCUT2D eigenvalue weighted by molar-refractivity contribution is -0.274. The molecule has 2 heterocycles. The van der Waals surface area contributed by atoms with Gasteiger partial charge < -0.3 is 31.6 Å². The minimum Gasteiger partial charge on any atom is -0.457 e. The number of nitrogens with zero attached hydrogens (tertiary/aromatic N) is 3. The average molecular weight is 684 g/mol. The molecule has 2 aromatic carbocycles. The number of nitrogens with one attached hydrogen (secondary N) is 2. The molecule has 0 bridgehead atoms. The van der Waals surface area contributed by atoms with Gasteiger partial charge in [-0.25, -0.2) is 9.50 Å². The van der Waals surface area contributed by atoms with Crippen molar-refractivity contribution in [2.45, 2.75) is 46.2 Å². The third-order valence-corrected chi connectivity index (χ3v) is 5.44. The maximum Gasteiger partial charge on any atom is 0.573 e. The van der Waals surface area contributed by atoms with Crippen LogP contribution in [-0.4, -0.2) is 46.6 Å². The molecule has 4 aromatic rings. The van der Waals surface area contributed by atoms with Gasteiger partial charge in [-0.15, -0.1) is 19.8 Å². The molecule has 0 saturated heterocycles. The molecule has 0 aliphatic rings. The predicted octanol–water partition coefficient (Wildman–Crippen LogP) is 7.65. The van der Waals surface area contributed by atoms with Gasteiger partial charge in [0, 0.05) is 23.5 Å². The minimum absolute atomic E-state index is 0.290. The molecule has 2 aromatic heterocycles. The SMILES string of the molecule is C=CCc1c(C=O)cn2ncnc(N)c12.CC.CC/C=C/NCNc1cccc(Oc2ccc(OC(F)(F)F)cc2)c1.NCC(F)(F)F. The maximum absolute atomic E-state index is 12.1. The van der Waals surface area contributed by atoms with Crippen molar-refractivity contribution in [3.8, 4) is 17.2 Å². The number of halogens is 6. The molecule has 16 heteroatoms. The number of carbonyl (C=O) groups is 1. The largest absolute Gasteiger partial charge is 0.573 e. The zero-order chi connectivity index (χ0) is 36.2. The highest BCUT2D eigenvalue weighted by atomic mass is 19.4. The van der Waals surface area contributed by atoms with Crippen molar-refractivity contribution in [2.75, 3.05) is 24.3 Å². The zero-order valence-electron chi connectivity index (χ0n) is 26.6. The number of anilines is 2. The first kappa shape index (κ1) is 40.8. The number of hydrogen-bond acceptors (Lipinski definition) is 9. The van der Waals surface area contributed by atoms with Gasteiger partial charge in [0.2, 0.25) is 0 Å². The van der Waals surface area contributed by atoms with Gasteiger partial charge in [-0.1, -0.05) is 39.0 Å². The summed E-state index contributed by atoms with van der Waals surface area (Å²) in [6, 6.07) is 12.5. The van der Waals surface area contributed by atoms with Gasteiger partial charge in [0.15, 0.2) is 12.1 Å². The van der Waals surface area contributed by atoms with E-state index in [0.717, 1.165) is 24.0 Å². The second-order valence-corrected chi connectivity index (χ2v) is 8.95. The molecular weight excluding hydrogens is 644 g/mol. The van der Waals surface area contributed by atoms with E-state index < -0.39 is 19.1 Å². The molecule has 262 valence electrons. The number of rotatable bonds is 11. The fourth-order valence-corrected chi connectivity index (χ4v) is 3.51. The summed E-state index contributed by atoms with van der Waals surface area (Å²) in [6.07, 6.45) is 2.02. The highest BCUT2D eigenvalue weighted by molar-refractivity contribution is 5.85. The Hall–Kier alpha value is -5.25. The first-order chi connectivity index (χ1) is 22.8. The second kappa shape index (κ2) is 20.8. The monoisotopic (exact) mass is 683 g/mol. The van der Waals surface area contributed by atoms with E-state index in [1.807, 2.05) is 45.2 Å². The molecule has 0 atom stereocenters. The highest BCUT2D eigenvalue weighted by Crippen LogP contribution is 2.28. The standard InChI is InChI=1S/C18H19F3N2O2.C10H10N4O.C2H4F3N.C2H6/c1-2-3-11-22-13-23-14-5-4-6-17(12-14)24-15-7-9-16(10-8-15)25-18(19,20)21;1-2-3-8-7(5-15)4-14-9(8)10(11)12-6-13-14;3-2(4,5)1-6;1-2/h3-12,22-23H,2,13H2,1H3;2,4-6H,1,3H2,(H2,11,12,13);1,6H2;1-2H3/b11-3+;;;. The number of nitrogens with two attached hydrogens (primary N) is 2. The molecule has 4 rings (SSSR count). The van der Waals surface area contributed by atoms with E-state index in [1.54, 1.807) is 28.9 Å². The number of allylic oxidation sites excluding steroid dienone is 2. The number of nitrogen functional groups attached to an aromatic ring is 1. The van der Waals surface area contributed by atoms with Crippen LogP contribution in [0.1, 0.15) is 43.1 Å². The lowest BCUT2D eigenvalue weighted by Gasteiger charge is -2.11. The molecule has 0 aliphatic carbocycles. The number of alkyl halides is 6. The van der Waals surface area contributed by atoms with Crippen LogP contribution in [0, 0.1) is 0 Å². The minimum atomic E-state index is -4.71. The predicted molar refractivity (Wildman–Crippen MR) is 174 cm³/mol. The normalized spacial score (nSPS) is 10.8. The van der Waals surface area contributed by atoms with Crippen LogP contribution in [0.25, 0.3) is 5.52 Å². The van der Waals surface area contributed by atoms with Crippen molar-refractivity contribution >= 4 is 23.3 Å². The van der Waals surface area contributed by atoms with Gasteiger partial charge in [0.25, 0.3) is 0 Å². The van der Waals surface area contributed by atoms with Gasteiger partial charge in [0.05, 0.1) is 13.2 Å². The molecule has 0 fully saturated rings. The van der Waals surface area contributed by atoms with E-state index in [4.69, 9.17) is 10.5 Å². The number of benzene rings is 2. The fraction of sp³-hybridized carbons (Fsp3) is 0.281. The number of carbonyl (C=O) groups excluding carboxylic acids is 1. The van der Waals surface area contributed by atoms with Crippen LogP contribution in [0.3, 0.4) is 0 Å². The summed E-state index contributed by atoms with van der Waals surface area (Å²) in [5, 5.41) is 10.3. The maximum atomic E-state index is 12.1. The van der Waals surface area contributed by atoms with Crippen LogP contribution in [-0.2, 0) is 6.42 Å². The summed E-state index contributed by atoms with van der Waals surface area (Å²) in [4.78, 5) is 14.7. The molecule has 0 amide bonds. The molecule has 6 N–H and O–H groups in total. The molecule has 48 heavy (non-hydrogen) atoms. The Morgan fingerprint density at radius 1 is 1.02 bits per heavy atom. The quantitative estimate of drug-likeness (QED) is 0.0412. The Morgan fingerprint density at radius 2 is 1.67 bits per heavy atom. The van der Waals surface area contributed by atoms with Crippen molar-refractivity contribution in [2.24, 2.45) is 5.73 Å². The van der Waals surface area contributed by atoms with Crippen LogP contribution in [0.5, 0.6) is 17.2 Å². The second-order valence-electron chi connectivity index (χ2n) is 8.95. The van der Waals surface area contributed by atoms with E-state index in [2.05, 4.69) is 37.8 Å². The topological polar surface area (TPSA) is 142 Å². The Morgan fingerprint density at radius 3 is 2.23 bits per heavy atom. The van der Waals surface area contributed by atoms with Crippen LogP contribution in [0.2, 0.25) is 0 Å². The highest BCUT2D eigenvalue weighted by Gasteiger charge is 2.31. The molecule has 0 radical (unpaired) electrons. The molecule has 10 nitrogen and oxygen atoms in total. The van der Waals surface area contributed by atoms with Gasteiger partial charge in [-0.3, -0.25) is 4.79 Å². The van der Waals surface area contributed by atoms with Crippen LogP contribution >= 0.6 is 0 Å². The fourth-order valence-electron chi connectivity index (χ4n) is 3.51. The Labute approximate surface area is 274 Å². The lowest BCUT2D eigenvalue weighted by Crippen LogP contribution is -2.21. The van der Waals surface area contributed by atoms with Gasteiger partial charge in [0.1, 0.15) is 29.1 Å². The zero-order valence-corrected chi connectivity index (χ0v) is 26.6. The summed E-state index contributed by atoms with van der Waals surface area (Å²) in [7, 11) is 0. The van der Waals surface area contributed by atoms with Gasteiger partial charge in [-0.2, -0.15) is 18.3 Å². The van der Waals surface area contributed by atoms with Crippen molar-refractivity contribution < 1.29 is 40.6 Å². The Bertz CT molecular complexity index is 1560. The number of fused-ring (bicyclic) bond motifs is 1. The summed E-state index contributed by atoms with van der Waals surface area (Å²) in [5.74, 6) is 1.06. The Kier molecular flexibility index (Phi) is 17.7. The van der Waals surface area contributed by atoms with E-state index in [-0.39, 0.29) is 5.75 Å². The molecular formula is C32H39F6N7O3. The van der Waals surface area contributed by atoms with E-state index in [0.29, 0.717) is 41.5 Å². The van der Waals surface area contributed by atoms with Crippen molar-refractivity contribution in [3.05, 3.63) is 97.1 Å². The first-order valence-electron chi connectivity index (χ1n) is 14.5. The molecule has 0 unspecified atom stereocenters. The number of ether oxygens (including phenoxy) is 2. The number of hydrogen-bond donors (Lipinski definition) is 4. The van der Waals surface area contributed by atoms with Crippen molar-refractivity contribution in [1.29, 1.82) is 0 Å². The molecule has 0 aliphatic heterocycles. The third-order valence-electron chi connectivity index (χ3n) is 5.44. The molecule has 0 spiro atoms.